The van der Waals surface area contributed by atoms with Gasteiger partial charge in [-0.3, -0.25) is 0 Å². The highest BCUT2D eigenvalue weighted by atomic mass is 32.2. The van der Waals surface area contributed by atoms with E-state index in [1.165, 1.54) is 11.8 Å². The zero-order valence-corrected chi connectivity index (χ0v) is 7.90. The molecule has 0 aromatic heterocycles. The van der Waals surface area contributed by atoms with Crippen molar-refractivity contribution in [2.45, 2.75) is 6.42 Å². The van der Waals surface area contributed by atoms with Crippen molar-refractivity contribution in [3.8, 4) is 0 Å². The summed E-state index contributed by atoms with van der Waals surface area (Å²) >= 11 is 1.52. The number of hydrogen-bond acceptors (Lipinski definition) is 4. The molecule has 0 aromatic rings. The number of allylic oxidation sites excluding steroid dienone is 4. The second-order valence-electron chi connectivity index (χ2n) is 3.00. The van der Waals surface area contributed by atoms with Gasteiger partial charge in [-0.25, -0.2) is 0 Å². The number of fused-ring (bicyclic) bond motifs is 1. The van der Waals surface area contributed by atoms with Crippen molar-refractivity contribution in [3.05, 3.63) is 45.1 Å². The third kappa shape index (κ3) is 1.45. The first kappa shape index (κ1) is 8.31. The molecule has 0 fully saturated rings. The molecule has 0 bridgehead atoms. The smallest absolute Gasteiger partial charge is 0.0724 e. The normalized spacial score (nSPS) is 21.7. The molecule has 68 valence electrons. The molecule has 2 rings (SSSR count). The third-order valence-electron chi connectivity index (χ3n) is 2.01. The molecule has 3 nitrogen and oxygen atoms in total. The van der Waals surface area contributed by atoms with Crippen LogP contribution in [0.15, 0.2) is 45.1 Å². The molecule has 1 heterocycles. The summed E-state index contributed by atoms with van der Waals surface area (Å²) < 4.78 is 0. The average molecular weight is 193 g/mol. The zero-order chi connectivity index (χ0) is 9.42. The largest absolute Gasteiger partial charge is 0.399 e. The molecule has 13 heavy (non-hydrogen) atoms. The molecular weight excluding hydrogens is 182 g/mol. The van der Waals surface area contributed by atoms with Crippen molar-refractivity contribution in [3.63, 3.8) is 0 Å². The zero-order valence-electron chi connectivity index (χ0n) is 7.08. The van der Waals surface area contributed by atoms with Gasteiger partial charge >= 0.3 is 0 Å². The molecule has 1 aliphatic carbocycles. The summed E-state index contributed by atoms with van der Waals surface area (Å²) in [6, 6.07) is 0. The Morgan fingerprint density at radius 1 is 1.15 bits per heavy atom. The van der Waals surface area contributed by atoms with Gasteiger partial charge in [0.2, 0.25) is 0 Å². The summed E-state index contributed by atoms with van der Waals surface area (Å²) in [7, 11) is 0. The first-order valence-electron chi connectivity index (χ1n) is 3.98. The Morgan fingerprint density at radius 2 is 1.92 bits per heavy atom. The van der Waals surface area contributed by atoms with Gasteiger partial charge in [-0.1, -0.05) is 17.8 Å². The van der Waals surface area contributed by atoms with Gasteiger partial charge in [-0.15, -0.1) is 0 Å². The summed E-state index contributed by atoms with van der Waals surface area (Å²) in [5, 5.41) is 0.724. The highest BCUT2D eigenvalue weighted by Gasteiger charge is 2.17. The summed E-state index contributed by atoms with van der Waals surface area (Å²) in [5.74, 6) is 0. The van der Waals surface area contributed by atoms with Gasteiger partial charge in [-0.2, -0.15) is 0 Å². The predicted octanol–water partition coefficient (Wildman–Crippen LogP) is 0.876. The van der Waals surface area contributed by atoms with E-state index in [-0.39, 0.29) is 0 Å². The summed E-state index contributed by atoms with van der Waals surface area (Å²) in [6.07, 6.45) is 6.48. The summed E-state index contributed by atoms with van der Waals surface area (Å²) in [5.41, 5.74) is 19.9. The van der Waals surface area contributed by atoms with E-state index in [4.69, 9.17) is 17.2 Å². The van der Waals surface area contributed by atoms with Crippen molar-refractivity contribution >= 4 is 11.8 Å². The van der Waals surface area contributed by atoms with Crippen LogP contribution in [0.2, 0.25) is 0 Å². The molecule has 2 aliphatic rings. The van der Waals surface area contributed by atoms with Crippen LogP contribution >= 0.6 is 11.8 Å². The first-order chi connectivity index (χ1) is 6.16. The Kier molecular flexibility index (Phi) is 1.84. The Balaban J connectivity index is 2.45. The summed E-state index contributed by atoms with van der Waals surface area (Å²) in [4.78, 5) is 1.08. The van der Waals surface area contributed by atoms with Crippen LogP contribution in [-0.2, 0) is 0 Å². The Bertz CT molecular complexity index is 374. The lowest BCUT2D eigenvalue weighted by molar-refractivity contribution is 1.13. The van der Waals surface area contributed by atoms with Crippen LogP contribution < -0.4 is 17.2 Å². The number of rotatable bonds is 0. The van der Waals surface area contributed by atoms with E-state index in [9.17, 15) is 0 Å². The first-order valence-corrected chi connectivity index (χ1v) is 4.80. The lowest BCUT2D eigenvalue weighted by atomic mass is 10.0. The topological polar surface area (TPSA) is 78.1 Å². The Labute approximate surface area is 81.0 Å². The van der Waals surface area contributed by atoms with E-state index in [0.29, 0.717) is 0 Å². The third-order valence-corrected chi connectivity index (χ3v) is 2.95. The van der Waals surface area contributed by atoms with Gasteiger partial charge in [0.25, 0.3) is 0 Å². The van der Waals surface area contributed by atoms with Crippen molar-refractivity contribution in [1.29, 1.82) is 0 Å². The molecule has 0 unspecified atom stereocenters. The summed E-state index contributed by atoms with van der Waals surface area (Å²) in [6.45, 7) is 0. The number of thioether (sulfide) groups is 1. The van der Waals surface area contributed by atoms with Crippen molar-refractivity contribution in [1.82, 2.24) is 0 Å². The van der Waals surface area contributed by atoms with E-state index >= 15 is 0 Å². The molecule has 0 aromatic carbocycles. The molecule has 0 atom stereocenters. The molecule has 0 saturated carbocycles. The molecule has 0 amide bonds. The van der Waals surface area contributed by atoms with Gasteiger partial charge in [0, 0.05) is 16.3 Å². The van der Waals surface area contributed by atoms with Crippen LogP contribution in [0.25, 0.3) is 0 Å². The second-order valence-corrected chi connectivity index (χ2v) is 4.11. The highest BCUT2D eigenvalue weighted by molar-refractivity contribution is 8.07. The van der Waals surface area contributed by atoms with E-state index in [0.717, 1.165) is 33.3 Å². The molecule has 0 saturated heterocycles. The Morgan fingerprint density at radius 3 is 2.69 bits per heavy atom. The van der Waals surface area contributed by atoms with Crippen LogP contribution in [0.4, 0.5) is 0 Å². The van der Waals surface area contributed by atoms with Gasteiger partial charge in [0.15, 0.2) is 0 Å². The molecule has 0 spiro atoms. The monoisotopic (exact) mass is 193 g/mol. The molecule has 4 heteroatoms. The van der Waals surface area contributed by atoms with E-state index in [2.05, 4.69) is 0 Å². The maximum Gasteiger partial charge on any atom is 0.0724 e. The van der Waals surface area contributed by atoms with Crippen LogP contribution in [0, 0.1) is 0 Å². The maximum absolute atomic E-state index is 5.82. The van der Waals surface area contributed by atoms with Crippen LogP contribution in [0.5, 0.6) is 0 Å². The van der Waals surface area contributed by atoms with E-state index in [1.54, 1.807) is 6.08 Å². The standard InChI is InChI=1S/C9H11N3S/c10-5-1-2-6-7(11)4-9(12)13-8(6)3-5/h1,3-4H,2,10-12H2. The lowest BCUT2D eigenvalue weighted by Gasteiger charge is -2.20. The highest BCUT2D eigenvalue weighted by Crippen LogP contribution is 2.38. The van der Waals surface area contributed by atoms with E-state index < -0.39 is 0 Å². The van der Waals surface area contributed by atoms with Crippen molar-refractivity contribution < 1.29 is 0 Å². The SMILES string of the molecule is NC1=CCC2=C(N)C=C(N)SC2=C1. The predicted molar refractivity (Wildman–Crippen MR) is 56.0 cm³/mol. The van der Waals surface area contributed by atoms with Crippen LogP contribution in [0.3, 0.4) is 0 Å². The van der Waals surface area contributed by atoms with Gasteiger partial charge in [0.1, 0.15) is 0 Å². The van der Waals surface area contributed by atoms with Crippen LogP contribution in [0.1, 0.15) is 6.42 Å². The minimum Gasteiger partial charge on any atom is -0.399 e. The fourth-order valence-corrected chi connectivity index (χ4v) is 2.33. The maximum atomic E-state index is 5.82. The molecule has 0 radical (unpaired) electrons. The average Bonchev–Trinajstić information content (AvgIpc) is 2.02. The molecule has 6 N–H and O–H groups in total. The molecular formula is C9H11N3S. The van der Waals surface area contributed by atoms with E-state index in [1.807, 2.05) is 12.2 Å². The van der Waals surface area contributed by atoms with Gasteiger partial charge in [0.05, 0.1) is 5.03 Å². The van der Waals surface area contributed by atoms with Crippen LogP contribution in [-0.4, -0.2) is 0 Å². The molecule has 1 aliphatic heterocycles. The minimum atomic E-state index is 0.724. The number of nitrogens with two attached hydrogens (primary N) is 3. The van der Waals surface area contributed by atoms with Gasteiger partial charge < -0.3 is 17.2 Å². The fraction of sp³-hybridized carbons (Fsp3) is 0.111. The van der Waals surface area contributed by atoms with Gasteiger partial charge in [-0.05, 0) is 24.1 Å². The minimum absolute atomic E-state index is 0.724. The fourth-order valence-electron chi connectivity index (χ4n) is 1.37. The number of hydrogen-bond donors (Lipinski definition) is 3. The quantitative estimate of drug-likeness (QED) is 0.533. The lowest BCUT2D eigenvalue weighted by Crippen LogP contribution is -2.12. The second kappa shape index (κ2) is 2.88. The van der Waals surface area contributed by atoms with Crippen molar-refractivity contribution in [2.24, 2.45) is 17.2 Å². The van der Waals surface area contributed by atoms with Crippen molar-refractivity contribution in [2.75, 3.05) is 0 Å². The Hall–Kier alpha value is -1.29.